The van der Waals surface area contributed by atoms with Crippen molar-refractivity contribution < 1.29 is 23.0 Å². The van der Waals surface area contributed by atoms with Gasteiger partial charge in [-0.25, -0.2) is 8.78 Å². The Labute approximate surface area is 92.0 Å². The van der Waals surface area contributed by atoms with Gasteiger partial charge in [0.15, 0.2) is 17.8 Å². The first-order chi connectivity index (χ1) is 7.83. The molecule has 0 saturated heterocycles. The lowest BCUT2D eigenvalue weighted by Gasteiger charge is -2.12. The van der Waals surface area contributed by atoms with Gasteiger partial charge in [0.25, 0.3) is 0 Å². The lowest BCUT2D eigenvalue weighted by molar-refractivity contribution is 0.111. The topological polar surface area (TPSA) is 35.5 Å². The summed E-state index contributed by atoms with van der Waals surface area (Å²) < 4.78 is 34.0. The molecule has 0 aliphatic carbocycles. The van der Waals surface area contributed by atoms with Crippen LogP contribution in [-0.2, 0) is 0 Å². The molecule has 0 aliphatic rings. The summed E-state index contributed by atoms with van der Waals surface area (Å²) in [5.74, 6) is 0.402. The zero-order valence-electron chi connectivity index (χ0n) is 8.62. The second kappa shape index (κ2) is 6.76. The molecule has 1 aromatic carbocycles. The minimum atomic E-state index is -0.671. The molecule has 0 aromatic heterocycles. The van der Waals surface area contributed by atoms with Crippen molar-refractivity contribution in [2.75, 3.05) is 26.6 Å². The van der Waals surface area contributed by atoms with Gasteiger partial charge in [0.05, 0.1) is 5.56 Å². The van der Waals surface area contributed by atoms with Crippen LogP contribution in [0.2, 0.25) is 0 Å². The maximum absolute atomic E-state index is 12.0. The summed E-state index contributed by atoms with van der Waals surface area (Å²) in [5, 5.41) is 0. The van der Waals surface area contributed by atoms with Crippen molar-refractivity contribution >= 4 is 6.29 Å². The summed E-state index contributed by atoms with van der Waals surface area (Å²) in [6.45, 7) is -1.62. The first-order valence-corrected chi connectivity index (χ1v) is 4.79. The minimum Gasteiger partial charge on any atom is -0.487 e. The van der Waals surface area contributed by atoms with Crippen LogP contribution in [0, 0.1) is 0 Å². The Bertz CT molecular complexity index is 342. The van der Waals surface area contributed by atoms with Crippen molar-refractivity contribution in [2.45, 2.75) is 0 Å². The van der Waals surface area contributed by atoms with Gasteiger partial charge in [0, 0.05) is 0 Å². The van der Waals surface area contributed by atoms with Crippen molar-refractivity contribution in [2.24, 2.45) is 0 Å². The molecule has 0 bridgehead atoms. The van der Waals surface area contributed by atoms with Crippen LogP contribution >= 0.6 is 0 Å². The van der Waals surface area contributed by atoms with Gasteiger partial charge < -0.3 is 9.47 Å². The Hall–Kier alpha value is -1.65. The van der Waals surface area contributed by atoms with Gasteiger partial charge in [-0.2, -0.15) is 0 Å². The molecule has 0 fully saturated rings. The molecule has 1 aromatic rings. The van der Waals surface area contributed by atoms with Crippen LogP contribution in [-0.4, -0.2) is 32.8 Å². The number of aldehydes is 1. The number of ether oxygens (including phenoxy) is 2. The van der Waals surface area contributed by atoms with E-state index in [1.54, 1.807) is 6.07 Å². The molecule has 0 amide bonds. The second-order valence-electron chi connectivity index (χ2n) is 2.87. The van der Waals surface area contributed by atoms with Crippen molar-refractivity contribution in [1.82, 2.24) is 0 Å². The Kier molecular flexibility index (Phi) is 5.25. The maximum Gasteiger partial charge on any atom is 0.171 e. The van der Waals surface area contributed by atoms with E-state index in [0.29, 0.717) is 6.29 Å². The van der Waals surface area contributed by atoms with Crippen molar-refractivity contribution in [3.63, 3.8) is 0 Å². The standard InChI is InChI=1S/C11H12F2O3/c12-4-6-15-10-3-1-2-9(8-14)11(10)16-7-5-13/h1-3,8H,4-7H2. The third kappa shape index (κ3) is 3.18. The average Bonchev–Trinajstić information content (AvgIpc) is 2.33. The number of benzene rings is 1. The van der Waals surface area contributed by atoms with Crippen LogP contribution in [0.4, 0.5) is 8.78 Å². The van der Waals surface area contributed by atoms with Crippen LogP contribution in [0.15, 0.2) is 18.2 Å². The quantitative estimate of drug-likeness (QED) is 0.673. The predicted octanol–water partition coefficient (Wildman–Crippen LogP) is 2.20. The van der Waals surface area contributed by atoms with E-state index < -0.39 is 13.3 Å². The van der Waals surface area contributed by atoms with Crippen LogP contribution < -0.4 is 9.47 Å². The van der Waals surface area contributed by atoms with Crippen LogP contribution in [0.5, 0.6) is 11.5 Å². The Morgan fingerprint density at radius 1 is 1.12 bits per heavy atom. The highest BCUT2D eigenvalue weighted by molar-refractivity contribution is 5.81. The average molecular weight is 230 g/mol. The number of halogens is 2. The number of alkyl halides is 2. The molecular weight excluding hydrogens is 218 g/mol. The van der Waals surface area contributed by atoms with E-state index in [4.69, 9.17) is 9.47 Å². The first-order valence-electron chi connectivity index (χ1n) is 4.79. The fourth-order valence-corrected chi connectivity index (χ4v) is 1.18. The van der Waals surface area contributed by atoms with Crippen LogP contribution in [0.3, 0.4) is 0 Å². The monoisotopic (exact) mass is 230 g/mol. The van der Waals surface area contributed by atoms with E-state index in [1.165, 1.54) is 12.1 Å². The molecule has 5 heteroatoms. The maximum atomic E-state index is 12.0. The molecule has 0 heterocycles. The van der Waals surface area contributed by atoms with E-state index in [9.17, 15) is 13.6 Å². The van der Waals surface area contributed by atoms with Gasteiger partial charge in [-0.05, 0) is 12.1 Å². The van der Waals surface area contributed by atoms with Crippen LogP contribution in [0.25, 0.3) is 0 Å². The third-order valence-electron chi connectivity index (χ3n) is 1.79. The summed E-state index contributed by atoms with van der Waals surface area (Å²) in [5.41, 5.74) is 0.254. The third-order valence-corrected chi connectivity index (χ3v) is 1.79. The fraction of sp³-hybridized carbons (Fsp3) is 0.364. The zero-order valence-corrected chi connectivity index (χ0v) is 8.62. The molecule has 3 nitrogen and oxygen atoms in total. The highest BCUT2D eigenvalue weighted by Gasteiger charge is 2.10. The predicted molar refractivity (Wildman–Crippen MR) is 54.8 cm³/mol. The van der Waals surface area contributed by atoms with E-state index in [2.05, 4.69) is 0 Å². The minimum absolute atomic E-state index is 0.131. The summed E-state index contributed by atoms with van der Waals surface area (Å²) >= 11 is 0. The number of rotatable bonds is 7. The van der Waals surface area contributed by atoms with E-state index in [0.717, 1.165) is 0 Å². The van der Waals surface area contributed by atoms with E-state index >= 15 is 0 Å². The molecule has 1 rings (SSSR count). The molecule has 16 heavy (non-hydrogen) atoms. The largest absolute Gasteiger partial charge is 0.487 e. The van der Waals surface area contributed by atoms with Gasteiger partial charge in [-0.1, -0.05) is 6.07 Å². The van der Waals surface area contributed by atoms with Gasteiger partial charge in [0.2, 0.25) is 0 Å². The summed E-state index contributed by atoms with van der Waals surface area (Å²) in [6, 6.07) is 4.64. The molecule has 88 valence electrons. The Morgan fingerprint density at radius 2 is 1.81 bits per heavy atom. The van der Waals surface area contributed by atoms with Gasteiger partial charge in [-0.15, -0.1) is 0 Å². The molecule has 0 N–H and O–H groups in total. The molecule has 0 atom stereocenters. The SMILES string of the molecule is O=Cc1cccc(OCCF)c1OCCF. The molecular formula is C11H12F2O3. The lowest BCUT2D eigenvalue weighted by Crippen LogP contribution is -2.06. The number of hydrogen-bond donors (Lipinski definition) is 0. The molecule has 0 spiro atoms. The Balaban J connectivity index is 2.90. The highest BCUT2D eigenvalue weighted by atomic mass is 19.1. The number of para-hydroxylation sites is 1. The van der Waals surface area contributed by atoms with E-state index in [-0.39, 0.29) is 30.3 Å². The van der Waals surface area contributed by atoms with Crippen molar-refractivity contribution in [3.8, 4) is 11.5 Å². The first kappa shape index (κ1) is 12.4. The van der Waals surface area contributed by atoms with Gasteiger partial charge >= 0.3 is 0 Å². The van der Waals surface area contributed by atoms with Gasteiger partial charge in [-0.3, -0.25) is 4.79 Å². The highest BCUT2D eigenvalue weighted by Crippen LogP contribution is 2.30. The molecule has 0 saturated carbocycles. The van der Waals surface area contributed by atoms with Crippen molar-refractivity contribution in [3.05, 3.63) is 23.8 Å². The van der Waals surface area contributed by atoms with Gasteiger partial charge in [0.1, 0.15) is 26.6 Å². The fourth-order valence-electron chi connectivity index (χ4n) is 1.18. The lowest BCUT2D eigenvalue weighted by atomic mass is 10.2. The van der Waals surface area contributed by atoms with Crippen molar-refractivity contribution in [1.29, 1.82) is 0 Å². The molecule has 0 unspecified atom stereocenters. The number of carbonyl (C=O) groups is 1. The number of carbonyl (C=O) groups excluding carboxylic acids is 1. The molecule has 0 aliphatic heterocycles. The van der Waals surface area contributed by atoms with Crippen LogP contribution in [0.1, 0.15) is 10.4 Å². The smallest absolute Gasteiger partial charge is 0.171 e. The molecule has 0 radical (unpaired) electrons. The summed E-state index contributed by atoms with van der Waals surface area (Å²) in [7, 11) is 0. The second-order valence-corrected chi connectivity index (χ2v) is 2.87. The summed E-state index contributed by atoms with van der Waals surface area (Å²) in [6.07, 6.45) is 0.579. The van der Waals surface area contributed by atoms with E-state index in [1.807, 2.05) is 0 Å². The summed E-state index contributed by atoms with van der Waals surface area (Å²) in [4.78, 5) is 10.7. The normalized spacial score (nSPS) is 9.88. The Morgan fingerprint density at radius 3 is 2.44 bits per heavy atom. The zero-order chi connectivity index (χ0) is 11.8. The number of hydrogen-bond acceptors (Lipinski definition) is 3.